The Morgan fingerprint density at radius 3 is 2.35 bits per heavy atom. The molecule has 17 heavy (non-hydrogen) atoms. The molecule has 0 radical (unpaired) electrons. The van der Waals surface area contributed by atoms with E-state index in [9.17, 15) is 4.79 Å². The zero-order valence-corrected chi connectivity index (χ0v) is 11.4. The van der Waals surface area contributed by atoms with Crippen LogP contribution in [0.1, 0.15) is 41.0 Å². The standard InChI is InChI=1S/C11H25N5O/c1-8(2)14-10(16-12)13-7-6-9(17)15-11(3,4)5/h8H,6-7,12H2,1-5H3,(H,15,17)(H2,13,14,16). The topological polar surface area (TPSA) is 91.5 Å². The number of hydrazine groups is 1. The van der Waals surface area contributed by atoms with Gasteiger partial charge in [-0.25, -0.2) is 5.84 Å². The Hall–Kier alpha value is -1.30. The van der Waals surface area contributed by atoms with Crippen molar-refractivity contribution in [3.05, 3.63) is 0 Å². The van der Waals surface area contributed by atoms with E-state index in [0.717, 1.165) is 0 Å². The lowest BCUT2D eigenvalue weighted by Gasteiger charge is -2.20. The van der Waals surface area contributed by atoms with Gasteiger partial charge in [0.25, 0.3) is 0 Å². The molecule has 0 saturated heterocycles. The van der Waals surface area contributed by atoms with Crippen molar-refractivity contribution in [3.63, 3.8) is 0 Å². The molecule has 0 bridgehead atoms. The third kappa shape index (κ3) is 9.62. The fourth-order valence-corrected chi connectivity index (χ4v) is 1.16. The Morgan fingerprint density at radius 1 is 1.35 bits per heavy atom. The predicted octanol–water partition coefficient (Wildman–Crippen LogP) is 0.109. The molecule has 5 N–H and O–H groups in total. The maximum atomic E-state index is 11.5. The van der Waals surface area contributed by atoms with Crippen molar-refractivity contribution >= 4 is 11.9 Å². The number of nitrogens with zero attached hydrogens (tertiary/aromatic N) is 1. The van der Waals surface area contributed by atoms with Gasteiger partial charge in [0.1, 0.15) is 0 Å². The zero-order chi connectivity index (χ0) is 13.5. The second-order valence-electron chi connectivity index (χ2n) is 5.22. The predicted molar refractivity (Wildman–Crippen MR) is 70.4 cm³/mol. The van der Waals surface area contributed by atoms with Crippen LogP contribution in [-0.4, -0.2) is 30.0 Å². The Labute approximate surface area is 103 Å². The summed E-state index contributed by atoms with van der Waals surface area (Å²) in [6.45, 7) is 10.2. The van der Waals surface area contributed by atoms with E-state index in [4.69, 9.17) is 5.84 Å². The van der Waals surface area contributed by atoms with Crippen LogP contribution in [0.4, 0.5) is 0 Å². The number of hydrogen-bond acceptors (Lipinski definition) is 3. The molecule has 0 aliphatic carbocycles. The van der Waals surface area contributed by atoms with E-state index < -0.39 is 0 Å². The van der Waals surface area contributed by atoms with Gasteiger partial charge in [0.05, 0.1) is 6.54 Å². The summed E-state index contributed by atoms with van der Waals surface area (Å²) in [5.74, 6) is 5.79. The molecular formula is C11H25N5O. The van der Waals surface area contributed by atoms with Crippen LogP contribution in [0, 0.1) is 0 Å². The van der Waals surface area contributed by atoms with Crippen molar-refractivity contribution in [2.75, 3.05) is 6.54 Å². The molecule has 0 spiro atoms. The SMILES string of the molecule is CC(C)NC(=NCCC(=O)NC(C)(C)C)NN. The lowest BCUT2D eigenvalue weighted by Crippen LogP contribution is -2.45. The lowest BCUT2D eigenvalue weighted by atomic mass is 10.1. The number of carbonyl (C=O) groups excluding carboxylic acids is 1. The number of rotatable bonds is 4. The molecule has 0 aromatic carbocycles. The van der Waals surface area contributed by atoms with E-state index in [1.165, 1.54) is 0 Å². The van der Waals surface area contributed by atoms with Crippen molar-refractivity contribution < 1.29 is 4.79 Å². The fourth-order valence-electron chi connectivity index (χ4n) is 1.16. The van der Waals surface area contributed by atoms with Crippen molar-refractivity contribution in [1.82, 2.24) is 16.1 Å². The number of guanidine groups is 1. The summed E-state index contributed by atoms with van der Waals surface area (Å²) in [4.78, 5) is 15.7. The average molecular weight is 243 g/mol. The average Bonchev–Trinajstić information content (AvgIpc) is 2.12. The van der Waals surface area contributed by atoms with Gasteiger partial charge in [-0.3, -0.25) is 15.2 Å². The van der Waals surface area contributed by atoms with E-state index in [1.54, 1.807) is 0 Å². The maximum Gasteiger partial charge on any atom is 0.222 e. The molecule has 6 nitrogen and oxygen atoms in total. The smallest absolute Gasteiger partial charge is 0.222 e. The number of carbonyl (C=O) groups is 1. The first-order valence-corrected chi connectivity index (χ1v) is 5.83. The molecule has 100 valence electrons. The van der Waals surface area contributed by atoms with Gasteiger partial charge in [-0.05, 0) is 34.6 Å². The Bertz CT molecular complexity index is 268. The first-order valence-electron chi connectivity index (χ1n) is 5.83. The van der Waals surface area contributed by atoms with Crippen LogP contribution in [0.25, 0.3) is 0 Å². The second-order valence-corrected chi connectivity index (χ2v) is 5.22. The quantitative estimate of drug-likeness (QED) is 0.244. The minimum absolute atomic E-state index is 0.0119. The Kier molecular flexibility index (Phi) is 6.57. The lowest BCUT2D eigenvalue weighted by molar-refractivity contribution is -0.122. The van der Waals surface area contributed by atoms with Crippen LogP contribution in [0.2, 0.25) is 0 Å². The molecule has 0 aliphatic heterocycles. The monoisotopic (exact) mass is 243 g/mol. The first-order chi connectivity index (χ1) is 7.74. The highest BCUT2D eigenvalue weighted by atomic mass is 16.1. The summed E-state index contributed by atoms with van der Waals surface area (Å²) >= 11 is 0. The minimum atomic E-state index is -0.202. The maximum absolute atomic E-state index is 11.5. The van der Waals surface area contributed by atoms with E-state index >= 15 is 0 Å². The van der Waals surface area contributed by atoms with Crippen molar-refractivity contribution in [1.29, 1.82) is 0 Å². The molecule has 1 amide bonds. The molecule has 0 rings (SSSR count). The molecule has 0 aromatic heterocycles. The van der Waals surface area contributed by atoms with Crippen LogP contribution < -0.4 is 21.9 Å². The molecule has 0 aromatic rings. The highest BCUT2D eigenvalue weighted by molar-refractivity contribution is 5.80. The summed E-state index contributed by atoms with van der Waals surface area (Å²) in [5.41, 5.74) is 2.26. The summed E-state index contributed by atoms with van der Waals surface area (Å²) < 4.78 is 0. The highest BCUT2D eigenvalue weighted by Gasteiger charge is 2.12. The number of amides is 1. The molecule has 0 aliphatic rings. The molecular weight excluding hydrogens is 218 g/mol. The van der Waals surface area contributed by atoms with E-state index in [2.05, 4.69) is 21.1 Å². The largest absolute Gasteiger partial charge is 0.353 e. The molecule has 0 unspecified atom stereocenters. The normalized spacial score (nSPS) is 12.5. The van der Waals surface area contributed by atoms with Crippen LogP contribution >= 0.6 is 0 Å². The third-order valence-corrected chi connectivity index (χ3v) is 1.69. The van der Waals surface area contributed by atoms with Crippen LogP contribution in [0.3, 0.4) is 0 Å². The van der Waals surface area contributed by atoms with Crippen LogP contribution in [-0.2, 0) is 4.79 Å². The van der Waals surface area contributed by atoms with Gasteiger partial charge in [0, 0.05) is 18.0 Å². The van der Waals surface area contributed by atoms with Gasteiger partial charge in [-0.2, -0.15) is 0 Å². The van der Waals surface area contributed by atoms with Crippen molar-refractivity contribution in [2.45, 2.75) is 52.6 Å². The van der Waals surface area contributed by atoms with Crippen molar-refractivity contribution in [3.8, 4) is 0 Å². The zero-order valence-electron chi connectivity index (χ0n) is 11.4. The minimum Gasteiger partial charge on any atom is -0.353 e. The summed E-state index contributed by atoms with van der Waals surface area (Å²) in [5, 5.41) is 5.91. The molecule has 0 saturated carbocycles. The first kappa shape index (κ1) is 15.7. The van der Waals surface area contributed by atoms with Gasteiger partial charge >= 0.3 is 0 Å². The summed E-state index contributed by atoms with van der Waals surface area (Å²) in [6.07, 6.45) is 0.349. The molecule has 0 heterocycles. The second kappa shape index (κ2) is 7.11. The van der Waals surface area contributed by atoms with E-state index in [1.807, 2.05) is 34.6 Å². The van der Waals surface area contributed by atoms with Gasteiger partial charge in [0.2, 0.25) is 11.9 Å². The van der Waals surface area contributed by atoms with E-state index in [-0.39, 0.29) is 17.5 Å². The Morgan fingerprint density at radius 2 is 1.94 bits per heavy atom. The number of hydrogen-bond donors (Lipinski definition) is 4. The Balaban J connectivity index is 4.02. The summed E-state index contributed by atoms with van der Waals surface area (Å²) in [7, 11) is 0. The number of aliphatic imine (C=N–C) groups is 1. The number of nitrogens with two attached hydrogens (primary N) is 1. The molecule has 0 fully saturated rings. The van der Waals surface area contributed by atoms with Crippen LogP contribution in [0.5, 0.6) is 0 Å². The van der Waals surface area contributed by atoms with Crippen molar-refractivity contribution in [2.24, 2.45) is 10.8 Å². The van der Waals surface area contributed by atoms with Crippen LogP contribution in [0.15, 0.2) is 4.99 Å². The molecule has 6 heteroatoms. The third-order valence-electron chi connectivity index (χ3n) is 1.69. The summed E-state index contributed by atoms with van der Waals surface area (Å²) in [6, 6.07) is 0.244. The highest BCUT2D eigenvalue weighted by Crippen LogP contribution is 1.99. The van der Waals surface area contributed by atoms with Gasteiger partial charge in [-0.15, -0.1) is 0 Å². The number of nitrogens with one attached hydrogen (secondary N) is 3. The fraction of sp³-hybridized carbons (Fsp3) is 0.818. The van der Waals surface area contributed by atoms with Gasteiger partial charge < -0.3 is 10.6 Å². The van der Waals surface area contributed by atoms with E-state index in [0.29, 0.717) is 18.9 Å². The molecule has 0 atom stereocenters. The van der Waals surface area contributed by atoms with Gasteiger partial charge in [0.15, 0.2) is 0 Å². The van der Waals surface area contributed by atoms with Gasteiger partial charge in [-0.1, -0.05) is 0 Å².